The molecule has 2 heterocycles. The molecule has 0 bridgehead atoms. The Labute approximate surface area is 203 Å². The molecule has 2 aromatic heterocycles. The third-order valence-electron chi connectivity index (χ3n) is 6.41. The van der Waals surface area contributed by atoms with Gasteiger partial charge < -0.3 is 19.9 Å². The number of hydrogen-bond acceptors (Lipinski definition) is 7. The highest BCUT2D eigenvalue weighted by Crippen LogP contribution is 2.35. The van der Waals surface area contributed by atoms with Gasteiger partial charge in [-0.1, -0.05) is 37.9 Å². The highest BCUT2D eigenvalue weighted by molar-refractivity contribution is 7.99. The van der Waals surface area contributed by atoms with Crippen LogP contribution in [0.4, 0.5) is 11.5 Å². The lowest BCUT2D eigenvalue weighted by Gasteiger charge is -2.24. The van der Waals surface area contributed by atoms with E-state index in [0.29, 0.717) is 12.6 Å². The van der Waals surface area contributed by atoms with Crippen molar-refractivity contribution in [2.24, 2.45) is 0 Å². The van der Waals surface area contributed by atoms with Crippen molar-refractivity contribution in [3.8, 4) is 0 Å². The van der Waals surface area contributed by atoms with Gasteiger partial charge in [0.25, 0.3) is 5.56 Å². The van der Waals surface area contributed by atoms with Crippen LogP contribution in [0.25, 0.3) is 0 Å². The second kappa shape index (κ2) is 11.7. The maximum Gasteiger partial charge on any atom is 0.330 e. The second-order valence-corrected chi connectivity index (χ2v) is 9.64. The number of methoxy groups -OCH3 is 1. The number of anilines is 2. The van der Waals surface area contributed by atoms with Crippen molar-refractivity contribution in [1.29, 1.82) is 0 Å². The third-order valence-corrected chi connectivity index (χ3v) is 7.35. The topological polar surface area (TPSA) is 128 Å². The average molecular weight is 493 g/mol. The Hall–Kier alpha value is -2.53. The number of H-pyrrole nitrogens is 1. The zero-order valence-electron chi connectivity index (χ0n) is 20.6. The van der Waals surface area contributed by atoms with Gasteiger partial charge in [-0.3, -0.25) is 19.1 Å². The minimum atomic E-state index is -0.677. The lowest BCUT2D eigenvalue weighted by Crippen LogP contribution is -2.43. The van der Waals surface area contributed by atoms with Gasteiger partial charge in [0.15, 0.2) is 10.8 Å². The molecule has 34 heavy (non-hydrogen) atoms. The Kier molecular flexibility index (Phi) is 9.01. The maximum atomic E-state index is 13.4. The molecule has 2 aromatic rings. The number of nitrogens with zero attached hydrogens (tertiary/aromatic N) is 4. The summed E-state index contributed by atoms with van der Waals surface area (Å²) in [6.07, 6.45) is 6.21. The summed E-state index contributed by atoms with van der Waals surface area (Å²) in [5.41, 5.74) is 7.09. The molecule has 0 aromatic carbocycles. The fraction of sp³-hybridized carbons (Fsp3) is 0.652. The van der Waals surface area contributed by atoms with E-state index in [4.69, 9.17) is 15.5 Å². The van der Waals surface area contributed by atoms with Crippen LogP contribution in [0.1, 0.15) is 62.9 Å². The SMILES string of the molecule is CCCCn1c(N)c(N(CCOC)C(=O)CSc2nc(C)c(C)n2C2CCCC2)c(=O)[nH]c1=O. The number of imidazole rings is 1. The van der Waals surface area contributed by atoms with Crippen LogP contribution in [0.2, 0.25) is 0 Å². The number of aryl methyl sites for hydroxylation is 1. The first-order valence-electron chi connectivity index (χ1n) is 11.9. The molecule has 10 nitrogen and oxygen atoms in total. The Morgan fingerprint density at radius 3 is 2.65 bits per heavy atom. The Bertz CT molecular complexity index is 1120. The van der Waals surface area contributed by atoms with Crippen LogP contribution in [-0.4, -0.2) is 51.0 Å². The van der Waals surface area contributed by atoms with Crippen LogP contribution in [0, 0.1) is 13.8 Å². The summed E-state index contributed by atoms with van der Waals surface area (Å²) in [6.45, 7) is 6.78. The molecular formula is C23H36N6O4S. The number of aromatic nitrogens is 4. The van der Waals surface area contributed by atoms with Crippen LogP contribution in [-0.2, 0) is 16.1 Å². The largest absolute Gasteiger partial charge is 0.383 e. The van der Waals surface area contributed by atoms with Gasteiger partial charge in [0.05, 0.1) is 18.1 Å². The first kappa shape index (κ1) is 26.1. The fourth-order valence-corrected chi connectivity index (χ4v) is 5.45. The van der Waals surface area contributed by atoms with Crippen LogP contribution < -0.4 is 21.9 Å². The van der Waals surface area contributed by atoms with Crippen molar-refractivity contribution < 1.29 is 9.53 Å². The molecule has 1 aliphatic carbocycles. The molecule has 1 aliphatic rings. The smallest absolute Gasteiger partial charge is 0.330 e. The average Bonchev–Trinajstić information content (AvgIpc) is 3.42. The molecule has 0 aliphatic heterocycles. The molecule has 1 saturated carbocycles. The number of nitrogen functional groups attached to an aromatic ring is 1. The minimum Gasteiger partial charge on any atom is -0.383 e. The van der Waals surface area contributed by atoms with Gasteiger partial charge in [-0.15, -0.1) is 0 Å². The fourth-order valence-electron chi connectivity index (χ4n) is 4.41. The number of ether oxygens (including phenoxy) is 1. The second-order valence-electron chi connectivity index (χ2n) is 8.70. The normalized spacial score (nSPS) is 14.1. The number of thioether (sulfide) groups is 1. The predicted octanol–water partition coefficient (Wildman–Crippen LogP) is 2.62. The molecule has 3 rings (SSSR count). The Morgan fingerprint density at radius 2 is 2.00 bits per heavy atom. The molecule has 1 amide bonds. The van der Waals surface area contributed by atoms with Crippen molar-refractivity contribution in [1.82, 2.24) is 19.1 Å². The highest BCUT2D eigenvalue weighted by Gasteiger charge is 2.27. The minimum absolute atomic E-state index is 0.00389. The Morgan fingerprint density at radius 1 is 1.29 bits per heavy atom. The summed E-state index contributed by atoms with van der Waals surface area (Å²) in [5.74, 6) is -0.216. The monoisotopic (exact) mass is 492 g/mol. The van der Waals surface area contributed by atoms with E-state index >= 15 is 0 Å². The van der Waals surface area contributed by atoms with Gasteiger partial charge in [0.1, 0.15) is 5.82 Å². The molecule has 0 radical (unpaired) electrons. The lowest BCUT2D eigenvalue weighted by molar-refractivity contribution is -0.116. The molecule has 0 saturated heterocycles. The lowest BCUT2D eigenvalue weighted by atomic mass is 10.2. The number of rotatable bonds is 11. The van der Waals surface area contributed by atoms with Crippen LogP contribution >= 0.6 is 11.8 Å². The van der Waals surface area contributed by atoms with Gasteiger partial charge in [-0.2, -0.15) is 0 Å². The zero-order valence-corrected chi connectivity index (χ0v) is 21.4. The summed E-state index contributed by atoms with van der Waals surface area (Å²) >= 11 is 1.36. The van der Waals surface area contributed by atoms with Crippen LogP contribution in [0.5, 0.6) is 0 Å². The highest BCUT2D eigenvalue weighted by atomic mass is 32.2. The van der Waals surface area contributed by atoms with E-state index in [1.807, 2.05) is 13.8 Å². The number of carbonyl (C=O) groups excluding carboxylic acids is 1. The van der Waals surface area contributed by atoms with E-state index in [1.54, 1.807) is 0 Å². The van der Waals surface area contributed by atoms with E-state index in [-0.39, 0.29) is 36.3 Å². The van der Waals surface area contributed by atoms with Crippen molar-refractivity contribution in [3.63, 3.8) is 0 Å². The first-order chi connectivity index (χ1) is 16.3. The van der Waals surface area contributed by atoms with Crippen molar-refractivity contribution >= 4 is 29.2 Å². The molecule has 11 heteroatoms. The van der Waals surface area contributed by atoms with E-state index < -0.39 is 11.2 Å². The van der Waals surface area contributed by atoms with Crippen LogP contribution in [0.3, 0.4) is 0 Å². The quantitative estimate of drug-likeness (QED) is 0.461. The predicted molar refractivity (Wildman–Crippen MR) is 135 cm³/mol. The van der Waals surface area contributed by atoms with Crippen molar-refractivity contribution in [3.05, 3.63) is 32.2 Å². The van der Waals surface area contributed by atoms with Crippen molar-refractivity contribution in [2.45, 2.75) is 77.0 Å². The zero-order chi connectivity index (χ0) is 24.8. The van der Waals surface area contributed by atoms with E-state index in [9.17, 15) is 14.4 Å². The number of nitrogens with two attached hydrogens (primary N) is 1. The summed E-state index contributed by atoms with van der Waals surface area (Å²) in [7, 11) is 1.52. The third kappa shape index (κ3) is 5.57. The van der Waals surface area contributed by atoms with Gasteiger partial charge in [-0.05, 0) is 33.1 Å². The van der Waals surface area contributed by atoms with Gasteiger partial charge in [-0.25, -0.2) is 9.78 Å². The molecule has 0 unspecified atom stereocenters. The van der Waals surface area contributed by atoms with Crippen molar-refractivity contribution in [2.75, 3.05) is 36.6 Å². The van der Waals surface area contributed by atoms with Crippen LogP contribution in [0.15, 0.2) is 14.7 Å². The van der Waals surface area contributed by atoms with E-state index in [1.165, 1.54) is 41.2 Å². The molecule has 0 spiro atoms. The maximum absolute atomic E-state index is 13.4. The summed E-state index contributed by atoms with van der Waals surface area (Å²) in [5, 5.41) is 0.816. The number of carbonyl (C=O) groups is 1. The number of hydrogen-bond donors (Lipinski definition) is 2. The standard InChI is InChI=1S/C23H36N6O4S/c1-5-6-11-28-20(24)19(21(31)26-22(28)32)27(12-13-33-4)18(30)14-34-23-25-15(2)16(3)29(23)17-9-7-8-10-17/h17H,5-14,24H2,1-4H3,(H,26,31,32). The summed E-state index contributed by atoms with van der Waals surface area (Å²) < 4.78 is 8.75. The first-order valence-corrected chi connectivity index (χ1v) is 12.9. The summed E-state index contributed by atoms with van der Waals surface area (Å²) in [4.78, 5) is 46.8. The molecule has 1 fully saturated rings. The van der Waals surface area contributed by atoms with Gasteiger partial charge in [0.2, 0.25) is 5.91 Å². The molecular weight excluding hydrogens is 456 g/mol. The number of nitrogens with one attached hydrogen (secondary N) is 1. The number of aromatic amines is 1. The van der Waals surface area contributed by atoms with Gasteiger partial charge in [0, 0.05) is 31.9 Å². The number of unbranched alkanes of at least 4 members (excludes halogenated alkanes) is 1. The van der Waals surface area contributed by atoms with E-state index in [0.717, 1.165) is 42.2 Å². The van der Waals surface area contributed by atoms with Gasteiger partial charge >= 0.3 is 5.69 Å². The molecule has 3 N–H and O–H groups in total. The molecule has 0 atom stereocenters. The molecule has 188 valence electrons. The Balaban J connectivity index is 1.89. The summed E-state index contributed by atoms with van der Waals surface area (Å²) in [6, 6.07) is 0.406. The van der Waals surface area contributed by atoms with E-state index in [2.05, 4.69) is 16.5 Å². The number of amides is 1.